The highest BCUT2D eigenvalue weighted by molar-refractivity contribution is 6.36. The molecule has 19 heavy (non-hydrogen) atoms. The lowest BCUT2D eigenvalue weighted by Crippen LogP contribution is -2.14. The third-order valence-electron chi connectivity index (χ3n) is 2.37. The number of pyridine rings is 1. The van der Waals surface area contributed by atoms with Crippen LogP contribution in [0.2, 0.25) is 10.0 Å². The second kappa shape index (κ2) is 6.04. The Morgan fingerprint density at radius 3 is 2.95 bits per heavy atom. The molecule has 2 heterocycles. The van der Waals surface area contributed by atoms with Crippen molar-refractivity contribution in [2.45, 2.75) is 19.9 Å². The smallest absolute Gasteiger partial charge is 0.277 e. The fourth-order valence-corrected chi connectivity index (χ4v) is 1.94. The number of anilines is 1. The fourth-order valence-electron chi connectivity index (χ4n) is 1.51. The Kier molecular flexibility index (Phi) is 4.39. The van der Waals surface area contributed by atoms with Crippen LogP contribution in [0.15, 0.2) is 24.5 Å². The molecule has 5 nitrogen and oxygen atoms in total. The monoisotopic (exact) mass is 298 g/mol. The number of hydrogen-bond donors (Lipinski definition) is 1. The maximum atomic E-state index is 12.0. The van der Waals surface area contributed by atoms with E-state index in [1.165, 1.54) is 12.3 Å². The minimum atomic E-state index is -0.355. The fraction of sp³-hybridized carbons (Fsp3) is 0.250. The molecule has 0 aliphatic carbocycles. The Labute approximate surface area is 120 Å². The van der Waals surface area contributed by atoms with Gasteiger partial charge in [0.2, 0.25) is 0 Å². The topological polar surface area (TPSA) is 59.8 Å². The molecular formula is C12H12Cl2N4O. The van der Waals surface area contributed by atoms with Gasteiger partial charge in [-0.15, -0.1) is 0 Å². The van der Waals surface area contributed by atoms with Crippen molar-refractivity contribution in [3.05, 3.63) is 40.3 Å². The Bertz CT molecular complexity index is 597. The van der Waals surface area contributed by atoms with Gasteiger partial charge >= 0.3 is 0 Å². The Morgan fingerprint density at radius 1 is 1.47 bits per heavy atom. The number of aryl methyl sites for hydroxylation is 1. The average Bonchev–Trinajstić information content (AvgIpc) is 2.82. The summed E-state index contributed by atoms with van der Waals surface area (Å²) >= 11 is 11.7. The quantitative estimate of drug-likeness (QED) is 0.942. The van der Waals surface area contributed by atoms with E-state index in [9.17, 15) is 4.79 Å². The number of hydrogen-bond acceptors (Lipinski definition) is 3. The molecule has 0 unspecified atom stereocenters. The first kappa shape index (κ1) is 13.8. The van der Waals surface area contributed by atoms with Crippen LogP contribution < -0.4 is 5.32 Å². The summed E-state index contributed by atoms with van der Waals surface area (Å²) in [5.41, 5.74) is 0.321. The standard InChI is InChI=1S/C12H12Cl2N4O/c1-2-4-18-5-3-10(17-18)12(19)16-11-9(14)6-8(13)7-15-11/h3,5-7H,2,4H2,1H3,(H,15,16,19). The van der Waals surface area contributed by atoms with Crippen LogP contribution in [0.3, 0.4) is 0 Å². The number of carbonyl (C=O) groups excluding carboxylic acids is 1. The van der Waals surface area contributed by atoms with Gasteiger partial charge in [0.1, 0.15) is 0 Å². The Hall–Kier alpha value is -1.59. The van der Waals surface area contributed by atoms with Crippen LogP contribution in [-0.2, 0) is 6.54 Å². The molecule has 0 aromatic carbocycles. The normalized spacial score (nSPS) is 10.5. The van der Waals surface area contributed by atoms with E-state index in [-0.39, 0.29) is 16.7 Å². The first-order chi connectivity index (χ1) is 9.10. The lowest BCUT2D eigenvalue weighted by molar-refractivity contribution is 0.102. The zero-order valence-electron chi connectivity index (χ0n) is 10.2. The summed E-state index contributed by atoms with van der Waals surface area (Å²) < 4.78 is 1.71. The van der Waals surface area contributed by atoms with Gasteiger partial charge < -0.3 is 5.32 Å². The number of carbonyl (C=O) groups is 1. The van der Waals surface area contributed by atoms with Crippen LogP contribution in [0, 0.1) is 0 Å². The highest BCUT2D eigenvalue weighted by atomic mass is 35.5. The third-order valence-corrected chi connectivity index (χ3v) is 2.86. The maximum absolute atomic E-state index is 12.0. The summed E-state index contributed by atoms with van der Waals surface area (Å²) in [7, 11) is 0. The van der Waals surface area contributed by atoms with Crippen molar-refractivity contribution in [3.63, 3.8) is 0 Å². The minimum absolute atomic E-state index is 0.265. The largest absolute Gasteiger partial charge is 0.304 e. The molecule has 0 aliphatic heterocycles. The van der Waals surface area contributed by atoms with Gasteiger partial charge in [0, 0.05) is 18.9 Å². The predicted molar refractivity (Wildman–Crippen MR) is 74.7 cm³/mol. The van der Waals surface area contributed by atoms with Crippen LogP contribution in [0.5, 0.6) is 0 Å². The minimum Gasteiger partial charge on any atom is -0.304 e. The second-order valence-corrected chi connectivity index (χ2v) is 4.75. The Morgan fingerprint density at radius 2 is 2.26 bits per heavy atom. The molecule has 7 heteroatoms. The first-order valence-corrected chi connectivity index (χ1v) is 6.51. The number of aromatic nitrogens is 3. The first-order valence-electron chi connectivity index (χ1n) is 5.76. The van der Waals surface area contributed by atoms with Crippen LogP contribution in [0.1, 0.15) is 23.8 Å². The highest BCUT2D eigenvalue weighted by Gasteiger charge is 2.12. The molecule has 100 valence electrons. The van der Waals surface area contributed by atoms with Crippen LogP contribution in [0.4, 0.5) is 5.82 Å². The summed E-state index contributed by atoms with van der Waals surface area (Å²) in [5, 5.41) is 7.44. The molecule has 0 aliphatic rings. The van der Waals surface area contributed by atoms with Gasteiger partial charge in [0.25, 0.3) is 5.91 Å². The van der Waals surface area contributed by atoms with E-state index >= 15 is 0 Å². The lowest BCUT2D eigenvalue weighted by atomic mass is 10.4. The van der Waals surface area contributed by atoms with Crippen LogP contribution in [-0.4, -0.2) is 20.7 Å². The summed E-state index contributed by atoms with van der Waals surface area (Å²) in [4.78, 5) is 15.9. The average molecular weight is 299 g/mol. The Balaban J connectivity index is 2.11. The number of nitrogens with zero attached hydrogens (tertiary/aromatic N) is 3. The van der Waals surface area contributed by atoms with Gasteiger partial charge in [0.15, 0.2) is 11.5 Å². The predicted octanol–water partition coefficient (Wildman–Crippen LogP) is 3.25. The van der Waals surface area contributed by atoms with Crippen molar-refractivity contribution >= 4 is 34.9 Å². The van der Waals surface area contributed by atoms with Gasteiger partial charge in [-0.05, 0) is 18.6 Å². The van der Waals surface area contributed by atoms with E-state index in [0.29, 0.717) is 10.7 Å². The molecule has 1 amide bonds. The zero-order chi connectivity index (χ0) is 13.8. The van der Waals surface area contributed by atoms with Gasteiger partial charge in [-0.1, -0.05) is 30.1 Å². The molecule has 0 fully saturated rings. The summed E-state index contributed by atoms with van der Waals surface area (Å²) in [5.74, 6) is -0.0901. The maximum Gasteiger partial charge on any atom is 0.277 e. The van der Waals surface area contributed by atoms with Crippen molar-refractivity contribution in [3.8, 4) is 0 Å². The molecule has 0 radical (unpaired) electrons. The second-order valence-electron chi connectivity index (χ2n) is 3.90. The van der Waals surface area contributed by atoms with E-state index in [2.05, 4.69) is 15.4 Å². The third kappa shape index (κ3) is 3.45. The van der Waals surface area contributed by atoms with E-state index in [4.69, 9.17) is 23.2 Å². The number of nitrogens with one attached hydrogen (secondary N) is 1. The molecule has 2 aromatic heterocycles. The lowest BCUT2D eigenvalue weighted by Gasteiger charge is -2.04. The van der Waals surface area contributed by atoms with E-state index in [0.717, 1.165) is 13.0 Å². The number of rotatable bonds is 4. The van der Waals surface area contributed by atoms with Crippen molar-refractivity contribution in [1.82, 2.24) is 14.8 Å². The van der Waals surface area contributed by atoms with Crippen molar-refractivity contribution in [2.24, 2.45) is 0 Å². The van der Waals surface area contributed by atoms with E-state index < -0.39 is 0 Å². The van der Waals surface area contributed by atoms with E-state index in [1.54, 1.807) is 16.9 Å². The molecule has 0 saturated carbocycles. The van der Waals surface area contributed by atoms with Gasteiger partial charge in [-0.2, -0.15) is 5.10 Å². The molecule has 0 spiro atoms. The molecule has 0 bridgehead atoms. The molecule has 0 saturated heterocycles. The number of amides is 1. The van der Waals surface area contributed by atoms with Gasteiger partial charge in [-0.25, -0.2) is 4.98 Å². The van der Waals surface area contributed by atoms with Crippen molar-refractivity contribution in [2.75, 3.05) is 5.32 Å². The highest BCUT2D eigenvalue weighted by Crippen LogP contribution is 2.22. The summed E-state index contributed by atoms with van der Waals surface area (Å²) in [6, 6.07) is 3.16. The van der Waals surface area contributed by atoms with Crippen LogP contribution in [0.25, 0.3) is 0 Å². The van der Waals surface area contributed by atoms with E-state index in [1.807, 2.05) is 6.92 Å². The van der Waals surface area contributed by atoms with Gasteiger partial charge in [0.05, 0.1) is 10.0 Å². The molecule has 2 rings (SSSR count). The van der Waals surface area contributed by atoms with Crippen LogP contribution >= 0.6 is 23.2 Å². The summed E-state index contributed by atoms with van der Waals surface area (Å²) in [6.07, 6.45) is 4.13. The van der Waals surface area contributed by atoms with Gasteiger partial charge in [-0.3, -0.25) is 9.48 Å². The molecule has 1 N–H and O–H groups in total. The zero-order valence-corrected chi connectivity index (χ0v) is 11.7. The SMILES string of the molecule is CCCn1ccc(C(=O)Nc2ncc(Cl)cc2Cl)n1. The molecule has 2 aromatic rings. The van der Waals surface area contributed by atoms with Crippen molar-refractivity contribution < 1.29 is 4.79 Å². The number of halogens is 2. The molecular weight excluding hydrogens is 287 g/mol. The summed E-state index contributed by atoms with van der Waals surface area (Å²) in [6.45, 7) is 2.81. The van der Waals surface area contributed by atoms with Crippen molar-refractivity contribution in [1.29, 1.82) is 0 Å². The molecule has 0 atom stereocenters.